The molecule has 1 fully saturated rings. The molecule has 1 aromatic carbocycles. The molecule has 0 bridgehead atoms. The maximum atomic E-state index is 13.3. The molecule has 8 nitrogen and oxygen atoms in total. The maximum Gasteiger partial charge on any atom is 0.416 e. The molecule has 5 rings (SSSR count). The summed E-state index contributed by atoms with van der Waals surface area (Å²) in [6, 6.07) is 7.00. The SMILES string of the molecule is O=CN1CCN(c2cccc(C(F)(F)F)c2)C(n2nnc3c2N(c2ccoc2)CC=C3)C1. The number of alkyl halides is 3. The van der Waals surface area contributed by atoms with Crippen molar-refractivity contribution >= 4 is 29.7 Å². The van der Waals surface area contributed by atoms with Crippen LogP contribution in [0.3, 0.4) is 0 Å². The summed E-state index contributed by atoms with van der Waals surface area (Å²) in [6.45, 7) is 1.53. The first-order chi connectivity index (χ1) is 15.5. The number of hydrogen-bond donors (Lipinski definition) is 0. The predicted octanol–water partition coefficient (Wildman–Crippen LogP) is 3.53. The average Bonchev–Trinajstić information content (AvgIpc) is 3.48. The van der Waals surface area contributed by atoms with Crippen molar-refractivity contribution in [1.82, 2.24) is 19.9 Å². The molecular formula is C21H19F3N6O2. The van der Waals surface area contributed by atoms with Gasteiger partial charge in [0.15, 0.2) is 5.82 Å². The Bertz CT molecular complexity index is 1140. The summed E-state index contributed by atoms with van der Waals surface area (Å²) < 4.78 is 46.9. The minimum absolute atomic E-state index is 0.248. The number of fused-ring (bicyclic) bond motifs is 1. The highest BCUT2D eigenvalue weighted by Crippen LogP contribution is 2.38. The second-order valence-electron chi connectivity index (χ2n) is 7.56. The van der Waals surface area contributed by atoms with Crippen molar-refractivity contribution in [1.29, 1.82) is 0 Å². The molecule has 3 aromatic rings. The van der Waals surface area contributed by atoms with Crippen molar-refractivity contribution in [2.75, 3.05) is 36.0 Å². The van der Waals surface area contributed by atoms with Crippen molar-refractivity contribution in [3.8, 4) is 0 Å². The average molecular weight is 444 g/mol. The normalized spacial score (nSPS) is 18.7. The van der Waals surface area contributed by atoms with Gasteiger partial charge in [-0.15, -0.1) is 5.10 Å². The van der Waals surface area contributed by atoms with E-state index in [1.165, 1.54) is 6.07 Å². The van der Waals surface area contributed by atoms with Gasteiger partial charge in [-0.1, -0.05) is 17.4 Å². The molecule has 0 radical (unpaired) electrons. The first kappa shape index (κ1) is 20.2. The highest BCUT2D eigenvalue weighted by Gasteiger charge is 2.36. The number of benzene rings is 1. The number of piperazine rings is 1. The second kappa shape index (κ2) is 7.74. The molecule has 0 saturated carbocycles. The number of carbonyl (C=O) groups excluding carboxylic acids is 1. The number of amides is 1. The zero-order valence-electron chi connectivity index (χ0n) is 16.8. The van der Waals surface area contributed by atoms with E-state index in [0.717, 1.165) is 24.2 Å². The smallest absolute Gasteiger partial charge is 0.416 e. The van der Waals surface area contributed by atoms with Gasteiger partial charge in [-0.05, 0) is 24.3 Å². The van der Waals surface area contributed by atoms with Crippen LogP contribution < -0.4 is 9.80 Å². The number of furan rings is 1. The molecule has 166 valence electrons. The first-order valence-corrected chi connectivity index (χ1v) is 10.0. The van der Waals surface area contributed by atoms with Crippen LogP contribution in [0.5, 0.6) is 0 Å². The van der Waals surface area contributed by atoms with Gasteiger partial charge < -0.3 is 19.1 Å². The third-order valence-corrected chi connectivity index (χ3v) is 5.65. The number of carbonyl (C=O) groups is 1. The third-order valence-electron chi connectivity index (χ3n) is 5.65. The summed E-state index contributed by atoms with van der Waals surface area (Å²) in [5.74, 6) is 0.684. The molecule has 11 heteroatoms. The standard InChI is InChI=1S/C21H19F3N6O2/c22-21(23,24)15-3-1-4-16(11-15)28-9-8-27(14-31)12-19(28)30-20-18(25-26-30)5-2-7-29(20)17-6-10-32-13-17/h1-6,10-11,13-14,19H,7-9,12H2. The van der Waals surface area contributed by atoms with Crippen LogP contribution in [0.25, 0.3) is 6.08 Å². The number of anilines is 3. The molecule has 1 unspecified atom stereocenters. The molecule has 1 amide bonds. The van der Waals surface area contributed by atoms with Gasteiger partial charge >= 0.3 is 6.18 Å². The fourth-order valence-corrected chi connectivity index (χ4v) is 4.12. The maximum absolute atomic E-state index is 13.3. The van der Waals surface area contributed by atoms with E-state index in [9.17, 15) is 18.0 Å². The predicted molar refractivity (Wildman–Crippen MR) is 110 cm³/mol. The Kier molecular flexibility index (Phi) is 4.87. The fraction of sp³-hybridized carbons (Fsp3) is 0.286. The fourth-order valence-electron chi connectivity index (χ4n) is 4.12. The van der Waals surface area contributed by atoms with Gasteiger partial charge in [0.2, 0.25) is 6.41 Å². The molecule has 0 aliphatic carbocycles. The largest absolute Gasteiger partial charge is 0.470 e. The molecule has 1 atom stereocenters. The zero-order chi connectivity index (χ0) is 22.3. The van der Waals surface area contributed by atoms with Crippen molar-refractivity contribution in [2.45, 2.75) is 12.3 Å². The third kappa shape index (κ3) is 3.49. The lowest BCUT2D eigenvalue weighted by molar-refractivity contribution is -0.137. The van der Waals surface area contributed by atoms with Crippen LogP contribution in [0.1, 0.15) is 17.4 Å². The topological polar surface area (TPSA) is 70.6 Å². The van der Waals surface area contributed by atoms with Crippen LogP contribution in [-0.4, -0.2) is 52.5 Å². The van der Waals surface area contributed by atoms with Gasteiger partial charge in [0.05, 0.1) is 24.1 Å². The Morgan fingerprint density at radius 1 is 1.16 bits per heavy atom. The highest BCUT2D eigenvalue weighted by molar-refractivity contribution is 5.72. The Labute approximate surface area is 181 Å². The first-order valence-electron chi connectivity index (χ1n) is 10.0. The van der Waals surface area contributed by atoms with Crippen LogP contribution in [0.15, 0.2) is 53.4 Å². The molecule has 2 aliphatic rings. The molecule has 32 heavy (non-hydrogen) atoms. The lowest BCUT2D eigenvalue weighted by Gasteiger charge is -2.42. The van der Waals surface area contributed by atoms with Gasteiger partial charge in [-0.25, -0.2) is 4.68 Å². The van der Waals surface area contributed by atoms with Crippen LogP contribution >= 0.6 is 0 Å². The summed E-state index contributed by atoms with van der Waals surface area (Å²) >= 11 is 0. The van der Waals surface area contributed by atoms with E-state index < -0.39 is 17.9 Å². The number of hydrogen-bond acceptors (Lipinski definition) is 6. The summed E-state index contributed by atoms with van der Waals surface area (Å²) in [4.78, 5) is 16.9. The monoisotopic (exact) mass is 444 g/mol. The van der Waals surface area contributed by atoms with Crippen molar-refractivity contribution in [3.63, 3.8) is 0 Å². The lowest BCUT2D eigenvalue weighted by atomic mass is 10.1. The van der Waals surface area contributed by atoms with E-state index in [2.05, 4.69) is 10.3 Å². The van der Waals surface area contributed by atoms with E-state index in [-0.39, 0.29) is 6.54 Å². The van der Waals surface area contributed by atoms with E-state index in [1.54, 1.807) is 28.2 Å². The Morgan fingerprint density at radius 2 is 2.03 bits per heavy atom. The molecule has 4 heterocycles. The van der Waals surface area contributed by atoms with Gasteiger partial charge in [0.25, 0.3) is 0 Å². The molecular weight excluding hydrogens is 425 g/mol. The lowest BCUT2D eigenvalue weighted by Crippen LogP contribution is -2.51. The van der Waals surface area contributed by atoms with Crippen molar-refractivity contribution in [2.24, 2.45) is 0 Å². The Morgan fingerprint density at radius 3 is 2.78 bits per heavy atom. The van der Waals surface area contributed by atoms with Crippen molar-refractivity contribution in [3.05, 3.63) is 60.2 Å². The summed E-state index contributed by atoms with van der Waals surface area (Å²) in [5, 5.41) is 8.60. The van der Waals surface area contributed by atoms with Crippen LogP contribution in [-0.2, 0) is 11.0 Å². The minimum Gasteiger partial charge on any atom is -0.470 e. The summed E-state index contributed by atoms with van der Waals surface area (Å²) in [7, 11) is 0. The zero-order valence-corrected chi connectivity index (χ0v) is 16.8. The number of halogens is 3. The van der Waals surface area contributed by atoms with E-state index in [4.69, 9.17) is 4.42 Å². The Hall–Kier alpha value is -3.76. The summed E-state index contributed by atoms with van der Waals surface area (Å²) in [6.07, 6.45) is 2.70. The molecule has 2 aliphatic heterocycles. The van der Waals surface area contributed by atoms with Gasteiger partial charge in [0.1, 0.15) is 18.1 Å². The van der Waals surface area contributed by atoms with E-state index in [0.29, 0.717) is 36.8 Å². The van der Waals surface area contributed by atoms with E-state index >= 15 is 0 Å². The number of aromatic nitrogens is 3. The molecule has 0 N–H and O–H groups in total. The van der Waals surface area contributed by atoms with Crippen LogP contribution in [0, 0.1) is 0 Å². The van der Waals surface area contributed by atoms with Gasteiger partial charge in [-0.2, -0.15) is 13.2 Å². The van der Waals surface area contributed by atoms with Crippen molar-refractivity contribution < 1.29 is 22.4 Å². The molecule has 1 saturated heterocycles. The van der Waals surface area contributed by atoms with E-state index in [1.807, 2.05) is 28.0 Å². The minimum atomic E-state index is -4.45. The number of rotatable bonds is 4. The molecule has 2 aromatic heterocycles. The van der Waals surface area contributed by atoms with Gasteiger partial charge in [-0.3, -0.25) is 4.79 Å². The van der Waals surface area contributed by atoms with Crippen LogP contribution in [0.4, 0.5) is 30.4 Å². The van der Waals surface area contributed by atoms with Gasteiger partial charge in [0, 0.05) is 31.4 Å². The number of nitrogens with zero attached hydrogens (tertiary/aromatic N) is 6. The highest BCUT2D eigenvalue weighted by atomic mass is 19.4. The quantitative estimate of drug-likeness (QED) is 0.574. The second-order valence-corrected chi connectivity index (χ2v) is 7.56. The van der Waals surface area contributed by atoms with Crippen LogP contribution in [0.2, 0.25) is 0 Å². The molecule has 0 spiro atoms. The summed E-state index contributed by atoms with van der Waals surface area (Å²) in [5.41, 5.74) is 1.11. The Balaban J connectivity index is 1.59.